The number of nitrogens with zero attached hydrogens (tertiary/aromatic N) is 2. The van der Waals surface area contributed by atoms with Gasteiger partial charge in [-0.25, -0.2) is 9.78 Å². The third-order valence-corrected chi connectivity index (χ3v) is 2.15. The van der Waals surface area contributed by atoms with Gasteiger partial charge < -0.3 is 10.1 Å². The van der Waals surface area contributed by atoms with Crippen LogP contribution in [0.5, 0.6) is 5.88 Å². The molecule has 0 aromatic carbocycles. The minimum absolute atomic E-state index is 0.228. The van der Waals surface area contributed by atoms with Crippen LogP contribution in [-0.2, 0) is 0 Å². The number of carbonyl (C=O) groups excluding carboxylic acids is 1. The molecular formula is C11H11F2N5O2. The number of carbonyl (C=O) groups is 1. The maximum Gasteiger partial charge on any atom is 0.388 e. The zero-order valence-electron chi connectivity index (χ0n) is 10.4. The number of pyridine rings is 1. The molecule has 106 valence electrons. The second-order valence-electron chi connectivity index (χ2n) is 3.78. The van der Waals surface area contributed by atoms with E-state index in [1.807, 2.05) is 0 Å². The molecule has 2 aromatic rings. The molecule has 0 spiro atoms. The van der Waals surface area contributed by atoms with Crippen molar-refractivity contribution in [3.05, 3.63) is 30.1 Å². The van der Waals surface area contributed by atoms with Crippen molar-refractivity contribution < 1.29 is 18.3 Å². The Bertz CT molecular complexity index is 585. The summed E-state index contributed by atoms with van der Waals surface area (Å²) in [6.45, 7) is -1.14. The lowest BCUT2D eigenvalue weighted by Gasteiger charge is -2.06. The van der Waals surface area contributed by atoms with Crippen LogP contribution in [0.3, 0.4) is 0 Å². The fourth-order valence-electron chi connectivity index (χ4n) is 1.38. The van der Waals surface area contributed by atoms with E-state index < -0.39 is 12.6 Å². The van der Waals surface area contributed by atoms with Gasteiger partial charge in [-0.2, -0.15) is 13.9 Å². The van der Waals surface area contributed by atoms with Crippen molar-refractivity contribution in [1.29, 1.82) is 0 Å². The van der Waals surface area contributed by atoms with E-state index in [1.165, 1.54) is 18.3 Å². The van der Waals surface area contributed by atoms with E-state index in [0.717, 1.165) is 5.69 Å². The minimum Gasteiger partial charge on any atom is -0.417 e. The first-order chi connectivity index (χ1) is 9.52. The Morgan fingerprint density at radius 3 is 2.75 bits per heavy atom. The first-order valence-corrected chi connectivity index (χ1v) is 5.54. The largest absolute Gasteiger partial charge is 0.417 e. The Morgan fingerprint density at radius 2 is 2.20 bits per heavy atom. The van der Waals surface area contributed by atoms with Crippen LogP contribution in [0.4, 0.5) is 25.1 Å². The Labute approximate surface area is 112 Å². The number of rotatable bonds is 4. The predicted octanol–water partition coefficient (Wildman–Crippen LogP) is 2.36. The summed E-state index contributed by atoms with van der Waals surface area (Å²) in [5, 5.41) is 11.5. The summed E-state index contributed by atoms with van der Waals surface area (Å²) in [7, 11) is 0. The Balaban J connectivity index is 1.91. The van der Waals surface area contributed by atoms with Gasteiger partial charge in [0.05, 0.1) is 11.9 Å². The van der Waals surface area contributed by atoms with E-state index in [1.54, 1.807) is 13.0 Å². The van der Waals surface area contributed by atoms with E-state index in [0.29, 0.717) is 11.5 Å². The summed E-state index contributed by atoms with van der Waals surface area (Å²) in [4.78, 5) is 15.2. The van der Waals surface area contributed by atoms with E-state index in [9.17, 15) is 13.6 Å². The summed E-state index contributed by atoms with van der Waals surface area (Å²) in [5.41, 5.74) is 1.13. The van der Waals surface area contributed by atoms with Gasteiger partial charge in [-0.3, -0.25) is 10.4 Å². The van der Waals surface area contributed by atoms with Gasteiger partial charge in [0.25, 0.3) is 0 Å². The van der Waals surface area contributed by atoms with Crippen molar-refractivity contribution >= 4 is 17.5 Å². The standard InChI is InChI=1S/C11H11F2N5O2/c1-6-4-8(18-17-6)16-11(19)15-7-2-3-9(14-5-7)20-10(12)13/h2-5,10H,1H3,(H3,15,16,17,18,19). The molecule has 0 saturated heterocycles. The SMILES string of the molecule is Cc1cc(NC(=O)Nc2ccc(OC(F)F)nc2)n[nH]1. The molecular weight excluding hydrogens is 272 g/mol. The molecule has 2 amide bonds. The topological polar surface area (TPSA) is 91.9 Å². The van der Waals surface area contributed by atoms with Gasteiger partial charge in [0.15, 0.2) is 5.82 Å². The molecule has 7 nitrogen and oxygen atoms in total. The maximum atomic E-state index is 11.9. The second-order valence-corrected chi connectivity index (χ2v) is 3.78. The third kappa shape index (κ3) is 3.90. The van der Waals surface area contributed by atoms with Crippen LogP contribution in [0, 0.1) is 6.92 Å². The molecule has 0 aliphatic carbocycles. The Hall–Kier alpha value is -2.71. The number of aryl methyl sites for hydroxylation is 1. The first kappa shape index (κ1) is 13.7. The number of anilines is 2. The number of halogens is 2. The summed E-state index contributed by atoms with van der Waals surface area (Å²) in [5.74, 6) is 0.138. The fourth-order valence-corrected chi connectivity index (χ4v) is 1.38. The molecule has 3 N–H and O–H groups in total. The van der Waals surface area contributed by atoms with Crippen LogP contribution >= 0.6 is 0 Å². The first-order valence-electron chi connectivity index (χ1n) is 5.54. The van der Waals surface area contributed by atoms with E-state index >= 15 is 0 Å². The molecule has 2 rings (SSSR count). The monoisotopic (exact) mass is 283 g/mol. The van der Waals surface area contributed by atoms with Gasteiger partial charge in [-0.15, -0.1) is 0 Å². The van der Waals surface area contributed by atoms with Crippen molar-refractivity contribution in [3.8, 4) is 5.88 Å². The summed E-state index contributed by atoms with van der Waals surface area (Å²) in [6, 6.07) is 3.73. The number of hydrogen-bond donors (Lipinski definition) is 3. The smallest absolute Gasteiger partial charge is 0.388 e. The van der Waals surface area contributed by atoms with Gasteiger partial charge >= 0.3 is 12.6 Å². The highest BCUT2D eigenvalue weighted by Crippen LogP contribution is 2.14. The van der Waals surface area contributed by atoms with Crippen molar-refractivity contribution in [1.82, 2.24) is 15.2 Å². The second kappa shape index (κ2) is 5.95. The number of alkyl halides is 2. The molecule has 0 radical (unpaired) electrons. The molecule has 0 bridgehead atoms. The van der Waals surface area contributed by atoms with E-state index in [-0.39, 0.29) is 5.88 Å². The fraction of sp³-hybridized carbons (Fsp3) is 0.182. The van der Waals surface area contributed by atoms with E-state index in [2.05, 4.69) is 30.6 Å². The average molecular weight is 283 g/mol. The number of amides is 2. The lowest BCUT2D eigenvalue weighted by atomic mass is 10.4. The normalized spacial score (nSPS) is 10.4. The average Bonchev–Trinajstić information content (AvgIpc) is 2.76. The predicted molar refractivity (Wildman–Crippen MR) is 66.8 cm³/mol. The number of aromatic amines is 1. The number of ether oxygens (including phenoxy) is 1. The van der Waals surface area contributed by atoms with Gasteiger partial charge in [0.1, 0.15) is 0 Å². The van der Waals surface area contributed by atoms with Gasteiger partial charge in [-0.1, -0.05) is 0 Å². The number of hydrogen-bond acceptors (Lipinski definition) is 4. The van der Waals surface area contributed by atoms with Gasteiger partial charge in [0.2, 0.25) is 5.88 Å². The molecule has 20 heavy (non-hydrogen) atoms. The third-order valence-electron chi connectivity index (χ3n) is 2.15. The van der Waals surface area contributed by atoms with Crippen LogP contribution in [-0.4, -0.2) is 27.8 Å². The molecule has 2 aromatic heterocycles. The quantitative estimate of drug-likeness (QED) is 0.803. The van der Waals surface area contributed by atoms with Gasteiger partial charge in [-0.05, 0) is 13.0 Å². The van der Waals surface area contributed by atoms with Gasteiger partial charge in [0, 0.05) is 17.8 Å². The highest BCUT2D eigenvalue weighted by Gasteiger charge is 2.07. The summed E-state index contributed by atoms with van der Waals surface area (Å²) >= 11 is 0. The molecule has 9 heteroatoms. The number of nitrogens with one attached hydrogen (secondary N) is 3. The molecule has 0 fully saturated rings. The molecule has 0 atom stereocenters. The Kier molecular flexibility index (Phi) is 4.08. The molecule has 0 aliphatic heterocycles. The van der Waals surface area contributed by atoms with Crippen molar-refractivity contribution in [3.63, 3.8) is 0 Å². The van der Waals surface area contributed by atoms with Crippen LogP contribution in [0.2, 0.25) is 0 Å². The number of urea groups is 1. The van der Waals surface area contributed by atoms with Crippen LogP contribution in [0.1, 0.15) is 5.69 Å². The maximum absolute atomic E-state index is 11.9. The molecule has 0 saturated carbocycles. The van der Waals surface area contributed by atoms with Crippen LogP contribution < -0.4 is 15.4 Å². The Morgan fingerprint density at radius 1 is 1.40 bits per heavy atom. The number of H-pyrrole nitrogens is 1. The summed E-state index contributed by atoms with van der Waals surface area (Å²) < 4.78 is 27.9. The highest BCUT2D eigenvalue weighted by atomic mass is 19.3. The lowest BCUT2D eigenvalue weighted by Crippen LogP contribution is -2.19. The summed E-state index contributed by atoms with van der Waals surface area (Å²) in [6.07, 6.45) is 1.20. The van der Waals surface area contributed by atoms with Crippen molar-refractivity contribution in [2.75, 3.05) is 10.6 Å². The molecule has 2 heterocycles. The van der Waals surface area contributed by atoms with Crippen molar-refractivity contribution in [2.24, 2.45) is 0 Å². The zero-order chi connectivity index (χ0) is 14.5. The minimum atomic E-state index is -2.94. The van der Waals surface area contributed by atoms with E-state index in [4.69, 9.17) is 0 Å². The molecule has 0 aliphatic rings. The van der Waals surface area contributed by atoms with Crippen LogP contribution in [0.15, 0.2) is 24.4 Å². The van der Waals surface area contributed by atoms with Crippen LogP contribution in [0.25, 0.3) is 0 Å². The highest BCUT2D eigenvalue weighted by molar-refractivity contribution is 5.99. The lowest BCUT2D eigenvalue weighted by molar-refractivity contribution is -0.0528. The molecule has 0 unspecified atom stereocenters. The number of aromatic nitrogens is 3. The zero-order valence-corrected chi connectivity index (χ0v) is 10.4. The van der Waals surface area contributed by atoms with Crippen molar-refractivity contribution in [2.45, 2.75) is 13.5 Å².